The highest BCUT2D eigenvalue weighted by Crippen LogP contribution is 2.45. The van der Waals surface area contributed by atoms with Crippen molar-refractivity contribution >= 4 is 0 Å². The molecule has 1 heterocycles. The van der Waals surface area contributed by atoms with Crippen molar-refractivity contribution in [3.8, 4) is 0 Å². The molecule has 1 saturated carbocycles. The van der Waals surface area contributed by atoms with Gasteiger partial charge >= 0.3 is 0 Å². The fraction of sp³-hybridized carbons (Fsp3) is 0.684. The van der Waals surface area contributed by atoms with Crippen LogP contribution < -0.4 is 5.32 Å². The first-order valence-electron chi connectivity index (χ1n) is 8.69. The van der Waals surface area contributed by atoms with Crippen LogP contribution in [0.2, 0.25) is 0 Å². The van der Waals surface area contributed by atoms with E-state index < -0.39 is 0 Å². The first-order valence-corrected chi connectivity index (χ1v) is 8.69. The summed E-state index contributed by atoms with van der Waals surface area (Å²) in [5.41, 5.74) is 1.88. The van der Waals surface area contributed by atoms with Gasteiger partial charge in [0, 0.05) is 18.1 Å². The van der Waals surface area contributed by atoms with Gasteiger partial charge in [-0.2, -0.15) is 0 Å². The van der Waals surface area contributed by atoms with Crippen molar-refractivity contribution in [2.24, 2.45) is 0 Å². The van der Waals surface area contributed by atoms with Crippen molar-refractivity contribution in [3.63, 3.8) is 0 Å². The molecule has 2 nitrogen and oxygen atoms in total. The van der Waals surface area contributed by atoms with Crippen LogP contribution in [0, 0.1) is 0 Å². The van der Waals surface area contributed by atoms with Gasteiger partial charge < -0.3 is 10.1 Å². The van der Waals surface area contributed by atoms with E-state index in [0.29, 0.717) is 17.6 Å². The highest BCUT2D eigenvalue weighted by molar-refractivity contribution is 5.29. The summed E-state index contributed by atoms with van der Waals surface area (Å²) in [4.78, 5) is 0. The van der Waals surface area contributed by atoms with Crippen LogP contribution in [0.3, 0.4) is 0 Å². The third-order valence-corrected chi connectivity index (χ3v) is 5.66. The van der Waals surface area contributed by atoms with E-state index in [9.17, 15) is 0 Å². The predicted molar refractivity (Wildman–Crippen MR) is 87.6 cm³/mol. The van der Waals surface area contributed by atoms with Gasteiger partial charge in [0.25, 0.3) is 0 Å². The lowest BCUT2D eigenvalue weighted by molar-refractivity contribution is 0.0959. The van der Waals surface area contributed by atoms with Crippen molar-refractivity contribution in [3.05, 3.63) is 35.9 Å². The van der Waals surface area contributed by atoms with Crippen molar-refractivity contribution in [1.29, 1.82) is 0 Å². The zero-order chi connectivity index (χ0) is 14.5. The van der Waals surface area contributed by atoms with E-state index in [-0.39, 0.29) is 0 Å². The van der Waals surface area contributed by atoms with Crippen LogP contribution in [-0.4, -0.2) is 25.8 Å². The monoisotopic (exact) mass is 287 g/mol. The Hall–Kier alpha value is -0.860. The second-order valence-electron chi connectivity index (χ2n) is 6.78. The molecule has 2 fully saturated rings. The lowest BCUT2D eigenvalue weighted by Gasteiger charge is -2.39. The third kappa shape index (κ3) is 3.17. The summed E-state index contributed by atoms with van der Waals surface area (Å²) in [6, 6.07) is 11.8. The normalized spacial score (nSPS) is 26.0. The van der Waals surface area contributed by atoms with Crippen molar-refractivity contribution < 1.29 is 4.74 Å². The second-order valence-corrected chi connectivity index (χ2v) is 6.78. The van der Waals surface area contributed by atoms with Crippen molar-refractivity contribution in [1.82, 2.24) is 5.32 Å². The maximum absolute atomic E-state index is 5.82. The highest BCUT2D eigenvalue weighted by Gasteiger charge is 2.41. The van der Waals surface area contributed by atoms with E-state index in [4.69, 9.17) is 4.74 Å². The molecule has 1 N–H and O–H groups in total. The van der Waals surface area contributed by atoms with Gasteiger partial charge in [-0.3, -0.25) is 0 Å². The van der Waals surface area contributed by atoms with E-state index in [1.165, 1.54) is 56.9 Å². The molecule has 0 bridgehead atoms. The Bertz CT molecular complexity index is 418. The molecule has 116 valence electrons. The molecular weight excluding hydrogens is 258 g/mol. The molecule has 0 aromatic heterocycles. The van der Waals surface area contributed by atoms with Crippen LogP contribution in [-0.2, 0) is 10.2 Å². The highest BCUT2D eigenvalue weighted by atomic mass is 16.5. The number of hydrogen-bond acceptors (Lipinski definition) is 2. The Balaban J connectivity index is 1.74. The molecule has 1 aliphatic heterocycles. The van der Waals surface area contributed by atoms with Gasteiger partial charge in [0.2, 0.25) is 0 Å². The molecule has 2 heteroatoms. The summed E-state index contributed by atoms with van der Waals surface area (Å²) in [5.74, 6) is 0. The van der Waals surface area contributed by atoms with Crippen LogP contribution in [0.5, 0.6) is 0 Å². The van der Waals surface area contributed by atoms with E-state index in [0.717, 1.165) is 6.61 Å². The minimum atomic E-state index is 0.342. The van der Waals surface area contributed by atoms with Gasteiger partial charge in [0.15, 0.2) is 0 Å². The summed E-state index contributed by atoms with van der Waals surface area (Å²) in [6.07, 6.45) is 10.8. The van der Waals surface area contributed by atoms with Gasteiger partial charge in [-0.05, 0) is 51.1 Å². The topological polar surface area (TPSA) is 21.3 Å². The second kappa shape index (κ2) is 6.93. The SMILES string of the molecule is CNC(CCC1CCCO1)C1(c2ccccc2)CCCC1. The lowest BCUT2D eigenvalue weighted by atomic mass is 9.71. The Morgan fingerprint density at radius 3 is 2.57 bits per heavy atom. The number of rotatable bonds is 6. The summed E-state index contributed by atoms with van der Waals surface area (Å²) in [5, 5.41) is 3.65. The Kier molecular flexibility index (Phi) is 4.97. The number of benzene rings is 1. The zero-order valence-electron chi connectivity index (χ0n) is 13.3. The molecular formula is C19H29NO. The molecule has 0 radical (unpaired) electrons. The van der Waals surface area contributed by atoms with Crippen LogP contribution in [0.4, 0.5) is 0 Å². The Morgan fingerprint density at radius 1 is 1.19 bits per heavy atom. The summed E-state index contributed by atoms with van der Waals surface area (Å²) in [6.45, 7) is 0.971. The molecule has 0 spiro atoms. The quantitative estimate of drug-likeness (QED) is 0.852. The van der Waals surface area contributed by atoms with Gasteiger partial charge in [0.1, 0.15) is 0 Å². The summed E-state index contributed by atoms with van der Waals surface area (Å²) >= 11 is 0. The first kappa shape index (κ1) is 15.1. The largest absolute Gasteiger partial charge is 0.378 e. The molecule has 3 rings (SSSR count). The van der Waals surface area contributed by atoms with Crippen molar-refractivity contribution in [2.45, 2.75) is 68.9 Å². The van der Waals surface area contributed by atoms with Crippen LogP contribution in [0.15, 0.2) is 30.3 Å². The number of nitrogens with one attached hydrogen (secondary N) is 1. The Labute approximate surface area is 129 Å². The minimum Gasteiger partial charge on any atom is -0.378 e. The average molecular weight is 287 g/mol. The number of hydrogen-bond donors (Lipinski definition) is 1. The molecule has 1 saturated heterocycles. The van der Waals surface area contributed by atoms with E-state index in [1.54, 1.807) is 0 Å². The maximum Gasteiger partial charge on any atom is 0.0576 e. The molecule has 2 unspecified atom stereocenters. The van der Waals surface area contributed by atoms with Crippen LogP contribution in [0.25, 0.3) is 0 Å². The molecule has 21 heavy (non-hydrogen) atoms. The molecule has 2 atom stereocenters. The lowest BCUT2D eigenvalue weighted by Crippen LogP contribution is -2.46. The van der Waals surface area contributed by atoms with Gasteiger partial charge in [-0.1, -0.05) is 43.2 Å². The van der Waals surface area contributed by atoms with Gasteiger partial charge in [-0.25, -0.2) is 0 Å². The smallest absolute Gasteiger partial charge is 0.0576 e. The fourth-order valence-corrected chi connectivity index (χ4v) is 4.54. The fourth-order valence-electron chi connectivity index (χ4n) is 4.54. The minimum absolute atomic E-state index is 0.342. The van der Waals surface area contributed by atoms with E-state index in [1.807, 2.05) is 0 Å². The molecule has 2 aliphatic rings. The summed E-state index contributed by atoms with van der Waals surface area (Å²) in [7, 11) is 2.14. The maximum atomic E-state index is 5.82. The first-order chi connectivity index (χ1) is 10.3. The van der Waals surface area contributed by atoms with Crippen LogP contribution >= 0.6 is 0 Å². The Morgan fingerprint density at radius 2 is 1.95 bits per heavy atom. The summed E-state index contributed by atoms with van der Waals surface area (Å²) < 4.78 is 5.82. The van der Waals surface area contributed by atoms with Crippen molar-refractivity contribution in [2.75, 3.05) is 13.7 Å². The molecule has 1 aromatic rings. The number of ether oxygens (including phenoxy) is 1. The zero-order valence-corrected chi connectivity index (χ0v) is 13.3. The van der Waals surface area contributed by atoms with Gasteiger partial charge in [0.05, 0.1) is 6.10 Å². The standard InChI is InChI=1S/C19H29NO/c1-20-18(12-11-17-10-7-15-21-17)19(13-5-6-14-19)16-8-3-2-4-9-16/h2-4,8-9,17-18,20H,5-7,10-15H2,1H3. The molecule has 0 amide bonds. The van der Waals surface area contributed by atoms with Crippen LogP contribution in [0.1, 0.15) is 56.9 Å². The molecule has 1 aliphatic carbocycles. The third-order valence-electron chi connectivity index (χ3n) is 5.66. The molecule has 1 aromatic carbocycles. The van der Waals surface area contributed by atoms with E-state index in [2.05, 4.69) is 42.7 Å². The van der Waals surface area contributed by atoms with Gasteiger partial charge in [-0.15, -0.1) is 0 Å². The predicted octanol–water partition coefficient (Wildman–Crippen LogP) is 4.05. The van der Waals surface area contributed by atoms with E-state index >= 15 is 0 Å². The average Bonchev–Trinajstić information content (AvgIpc) is 3.21. The number of likely N-dealkylation sites (N-methyl/N-ethyl adjacent to an activating group) is 1.